The van der Waals surface area contributed by atoms with Crippen molar-refractivity contribution in [1.82, 2.24) is 0 Å². The van der Waals surface area contributed by atoms with Crippen molar-refractivity contribution in [3.8, 4) is 5.75 Å². The molecule has 3 unspecified atom stereocenters. The SMILES string of the molecule is COCC1(C)OC(C)(C)C(=O)C(c2cc(OP)ccc2C2CC2)C1=O. The third-order valence-electron chi connectivity index (χ3n) is 5.06. The van der Waals surface area contributed by atoms with Crippen LogP contribution in [0.1, 0.15) is 56.6 Å². The van der Waals surface area contributed by atoms with Gasteiger partial charge >= 0.3 is 0 Å². The summed E-state index contributed by atoms with van der Waals surface area (Å²) in [6, 6.07) is 5.66. The van der Waals surface area contributed by atoms with Gasteiger partial charge in [0.15, 0.2) is 11.6 Å². The minimum absolute atomic E-state index is 0.109. The topological polar surface area (TPSA) is 61.8 Å². The predicted molar refractivity (Wildman–Crippen MR) is 97.0 cm³/mol. The molecule has 1 aromatic carbocycles. The maximum atomic E-state index is 13.3. The molecule has 1 saturated heterocycles. The van der Waals surface area contributed by atoms with Crippen molar-refractivity contribution >= 4 is 21.0 Å². The molecule has 0 aromatic heterocycles. The lowest BCUT2D eigenvalue weighted by atomic mass is 9.73. The van der Waals surface area contributed by atoms with Gasteiger partial charge in [-0.25, -0.2) is 0 Å². The lowest BCUT2D eigenvalue weighted by Crippen LogP contribution is -2.61. The van der Waals surface area contributed by atoms with Crippen LogP contribution < -0.4 is 4.52 Å². The lowest BCUT2D eigenvalue weighted by molar-refractivity contribution is -0.195. The number of rotatable bonds is 5. The highest BCUT2D eigenvalue weighted by atomic mass is 31.0. The Morgan fingerprint density at radius 2 is 1.84 bits per heavy atom. The summed E-state index contributed by atoms with van der Waals surface area (Å²) in [7, 11) is 3.73. The van der Waals surface area contributed by atoms with Crippen molar-refractivity contribution in [3.05, 3.63) is 29.3 Å². The second-order valence-electron chi connectivity index (χ2n) is 7.62. The molecule has 0 spiro atoms. The second kappa shape index (κ2) is 6.46. The first-order valence-electron chi connectivity index (χ1n) is 8.52. The van der Waals surface area contributed by atoms with Gasteiger partial charge in [0, 0.05) is 7.11 Å². The molecular weight excluding hydrogens is 339 g/mol. The number of methoxy groups -OCH3 is 1. The summed E-state index contributed by atoms with van der Waals surface area (Å²) in [5.41, 5.74) is -0.411. The lowest BCUT2D eigenvalue weighted by Gasteiger charge is -2.44. The molecule has 3 atom stereocenters. The van der Waals surface area contributed by atoms with E-state index < -0.39 is 17.1 Å². The van der Waals surface area contributed by atoms with Crippen LogP contribution in [0.15, 0.2) is 18.2 Å². The van der Waals surface area contributed by atoms with E-state index in [9.17, 15) is 9.59 Å². The van der Waals surface area contributed by atoms with Crippen molar-refractivity contribution < 1.29 is 23.6 Å². The number of hydrogen-bond donors (Lipinski definition) is 0. The van der Waals surface area contributed by atoms with Crippen LogP contribution in [0, 0.1) is 0 Å². The Morgan fingerprint density at radius 1 is 1.16 bits per heavy atom. The number of Topliss-reactive ketones (excluding diaryl/α,β-unsaturated/α-hetero) is 2. The molecule has 1 aromatic rings. The standard InChI is InChI=1S/C19H25O5P/c1-18(2)16(20)15(17(21)19(3,24-18)10-22-4)14-9-12(23-25)7-8-13(14)11-5-6-11/h7-9,11,15H,5-6,10,25H2,1-4H3. The molecule has 1 aliphatic carbocycles. The van der Waals surface area contributed by atoms with Gasteiger partial charge in [-0.3, -0.25) is 9.59 Å². The number of ether oxygens (including phenoxy) is 2. The second-order valence-corrected chi connectivity index (χ2v) is 7.86. The van der Waals surface area contributed by atoms with Gasteiger partial charge in [-0.15, -0.1) is 0 Å². The summed E-state index contributed by atoms with van der Waals surface area (Å²) in [5, 5.41) is 0. The number of carbonyl (C=O) groups excluding carboxylic acids is 2. The highest BCUT2D eigenvalue weighted by Crippen LogP contribution is 2.47. The normalized spacial score (nSPS) is 28.9. The number of benzene rings is 1. The zero-order valence-corrected chi connectivity index (χ0v) is 16.3. The summed E-state index contributed by atoms with van der Waals surface area (Å²) < 4.78 is 16.4. The maximum Gasteiger partial charge on any atom is 0.181 e. The molecule has 6 heteroatoms. The average Bonchev–Trinajstić information content (AvgIpc) is 3.38. The minimum Gasteiger partial charge on any atom is -0.480 e. The van der Waals surface area contributed by atoms with Crippen molar-refractivity contribution in [2.24, 2.45) is 0 Å². The Labute approximate surface area is 150 Å². The van der Waals surface area contributed by atoms with Crippen LogP contribution in [0.5, 0.6) is 5.75 Å². The van der Waals surface area contributed by atoms with Crippen LogP contribution in [0.25, 0.3) is 0 Å². The average molecular weight is 364 g/mol. The van der Waals surface area contributed by atoms with Crippen LogP contribution in [-0.2, 0) is 19.1 Å². The smallest absolute Gasteiger partial charge is 0.181 e. The highest BCUT2D eigenvalue weighted by Gasteiger charge is 2.56. The third-order valence-corrected chi connectivity index (χ3v) is 5.33. The van der Waals surface area contributed by atoms with Crippen molar-refractivity contribution in [1.29, 1.82) is 0 Å². The van der Waals surface area contributed by atoms with Gasteiger partial charge in [-0.1, -0.05) is 6.07 Å². The summed E-state index contributed by atoms with van der Waals surface area (Å²) >= 11 is 0. The largest absolute Gasteiger partial charge is 0.480 e. The Hall–Kier alpha value is -1.29. The molecule has 1 aliphatic heterocycles. The number of hydrogen-bond acceptors (Lipinski definition) is 5. The van der Waals surface area contributed by atoms with Gasteiger partial charge in [0.05, 0.1) is 16.1 Å². The van der Waals surface area contributed by atoms with Gasteiger partial charge < -0.3 is 14.0 Å². The monoisotopic (exact) mass is 364 g/mol. The van der Waals surface area contributed by atoms with Gasteiger partial charge in [-0.2, -0.15) is 0 Å². The van der Waals surface area contributed by atoms with Crippen LogP contribution >= 0.6 is 9.47 Å². The molecule has 5 nitrogen and oxygen atoms in total. The van der Waals surface area contributed by atoms with Gasteiger partial charge in [0.1, 0.15) is 22.9 Å². The molecule has 2 fully saturated rings. The first-order chi connectivity index (χ1) is 11.7. The maximum absolute atomic E-state index is 13.3. The van der Waals surface area contributed by atoms with E-state index in [-0.39, 0.29) is 18.2 Å². The van der Waals surface area contributed by atoms with E-state index in [1.54, 1.807) is 20.8 Å². The highest BCUT2D eigenvalue weighted by molar-refractivity contribution is 7.10. The van der Waals surface area contributed by atoms with Gasteiger partial charge in [0.25, 0.3) is 0 Å². The number of carbonyl (C=O) groups is 2. The molecule has 0 radical (unpaired) electrons. The summed E-state index contributed by atoms with van der Waals surface area (Å²) in [6.07, 6.45) is 2.16. The fourth-order valence-electron chi connectivity index (χ4n) is 3.74. The van der Waals surface area contributed by atoms with Crippen molar-refractivity contribution in [3.63, 3.8) is 0 Å². The predicted octanol–water partition coefficient (Wildman–Crippen LogP) is 3.17. The van der Waals surface area contributed by atoms with E-state index in [1.165, 1.54) is 7.11 Å². The molecule has 1 saturated carbocycles. The minimum atomic E-state index is -1.16. The van der Waals surface area contributed by atoms with Gasteiger partial charge in [-0.05, 0) is 62.8 Å². The number of ketones is 2. The molecule has 25 heavy (non-hydrogen) atoms. The Balaban J connectivity index is 2.13. The van der Waals surface area contributed by atoms with E-state index in [0.717, 1.165) is 24.0 Å². The van der Waals surface area contributed by atoms with Crippen molar-refractivity contribution in [2.45, 2.75) is 56.7 Å². The third kappa shape index (κ3) is 3.25. The molecule has 1 heterocycles. The summed E-state index contributed by atoms with van der Waals surface area (Å²) in [6.45, 7) is 5.25. The van der Waals surface area contributed by atoms with Gasteiger partial charge in [0.2, 0.25) is 0 Å². The van der Waals surface area contributed by atoms with E-state index in [1.807, 2.05) is 18.2 Å². The fraction of sp³-hybridized carbons (Fsp3) is 0.579. The van der Waals surface area contributed by atoms with Crippen LogP contribution in [0.3, 0.4) is 0 Å². The zero-order valence-electron chi connectivity index (χ0n) is 15.1. The van der Waals surface area contributed by atoms with Crippen LogP contribution in [0.2, 0.25) is 0 Å². The molecule has 136 valence electrons. The first kappa shape index (κ1) is 18.5. The molecular formula is C19H25O5P. The Bertz CT molecular complexity index is 710. The van der Waals surface area contributed by atoms with Crippen molar-refractivity contribution in [2.75, 3.05) is 13.7 Å². The summed E-state index contributed by atoms with van der Waals surface area (Å²) in [4.78, 5) is 26.4. The first-order valence-corrected chi connectivity index (χ1v) is 8.99. The molecule has 2 aliphatic rings. The Kier molecular flexibility index (Phi) is 4.78. The van der Waals surface area contributed by atoms with E-state index in [0.29, 0.717) is 11.7 Å². The fourth-order valence-corrected chi connectivity index (χ4v) is 3.88. The van der Waals surface area contributed by atoms with Crippen LogP contribution in [0.4, 0.5) is 0 Å². The van der Waals surface area contributed by atoms with E-state index in [2.05, 4.69) is 9.47 Å². The molecule has 0 amide bonds. The summed E-state index contributed by atoms with van der Waals surface area (Å²) in [5.74, 6) is -0.300. The van der Waals surface area contributed by atoms with E-state index >= 15 is 0 Å². The zero-order chi connectivity index (χ0) is 18.4. The molecule has 0 N–H and O–H groups in total. The molecule has 3 rings (SSSR count). The molecule has 0 bridgehead atoms. The quantitative estimate of drug-likeness (QED) is 0.593. The van der Waals surface area contributed by atoms with Crippen LogP contribution in [-0.4, -0.2) is 36.5 Å². The van der Waals surface area contributed by atoms with E-state index in [4.69, 9.17) is 14.0 Å². The Morgan fingerprint density at radius 3 is 2.40 bits per heavy atom.